The fraction of sp³-hybridized carbons (Fsp3) is 0.714. The fourth-order valence-electron chi connectivity index (χ4n) is 2.60. The van der Waals surface area contributed by atoms with Gasteiger partial charge in [-0.25, -0.2) is 0 Å². The molecule has 1 aromatic rings. The quantitative estimate of drug-likeness (QED) is 0.815. The molecule has 1 N–H and O–H groups in total. The molecule has 1 atom stereocenters. The molecule has 1 aliphatic rings. The molecular weight excluding hydrogens is 214 g/mol. The van der Waals surface area contributed by atoms with Gasteiger partial charge in [0.1, 0.15) is 0 Å². The van der Waals surface area contributed by atoms with Crippen LogP contribution < -0.4 is 5.32 Å². The van der Waals surface area contributed by atoms with E-state index in [0.29, 0.717) is 6.04 Å². The van der Waals surface area contributed by atoms with E-state index in [1.54, 1.807) is 0 Å². The second kappa shape index (κ2) is 6.41. The van der Waals surface area contributed by atoms with Crippen LogP contribution in [-0.2, 0) is 0 Å². The van der Waals surface area contributed by atoms with Gasteiger partial charge in [-0.1, -0.05) is 38.2 Å². The minimum atomic E-state index is 0.532. The first kappa shape index (κ1) is 12.1. The van der Waals surface area contributed by atoms with Crippen LogP contribution in [0.5, 0.6) is 0 Å². The SMILES string of the molecule is CC(NC1CCCCCCC1)c1cccs1. The van der Waals surface area contributed by atoms with Crippen molar-refractivity contribution >= 4 is 11.3 Å². The summed E-state index contributed by atoms with van der Waals surface area (Å²) in [6.07, 6.45) is 9.89. The van der Waals surface area contributed by atoms with E-state index in [0.717, 1.165) is 6.04 Å². The lowest BCUT2D eigenvalue weighted by atomic mass is 9.96. The molecule has 1 nitrogen and oxygen atoms in total. The Bertz CT molecular complexity index is 273. The molecule has 1 aliphatic carbocycles. The molecule has 1 aromatic heterocycles. The summed E-state index contributed by atoms with van der Waals surface area (Å²) in [7, 11) is 0. The van der Waals surface area contributed by atoms with Crippen molar-refractivity contribution in [2.75, 3.05) is 0 Å². The third-order valence-electron chi connectivity index (χ3n) is 3.56. The third kappa shape index (κ3) is 3.60. The summed E-state index contributed by atoms with van der Waals surface area (Å²) < 4.78 is 0. The molecule has 2 rings (SSSR count). The molecule has 1 unspecified atom stereocenters. The van der Waals surface area contributed by atoms with Gasteiger partial charge >= 0.3 is 0 Å². The van der Waals surface area contributed by atoms with Gasteiger partial charge in [0.05, 0.1) is 0 Å². The van der Waals surface area contributed by atoms with Gasteiger partial charge in [-0.15, -0.1) is 11.3 Å². The Kier molecular flexibility index (Phi) is 4.86. The fourth-order valence-corrected chi connectivity index (χ4v) is 3.34. The Labute approximate surface area is 103 Å². The highest BCUT2D eigenvalue weighted by atomic mass is 32.1. The Balaban J connectivity index is 1.82. The van der Waals surface area contributed by atoms with Crippen LogP contribution in [0.3, 0.4) is 0 Å². The maximum atomic E-state index is 3.80. The van der Waals surface area contributed by atoms with Gasteiger partial charge in [0.2, 0.25) is 0 Å². The largest absolute Gasteiger partial charge is 0.307 e. The van der Waals surface area contributed by atoms with Gasteiger partial charge in [0.25, 0.3) is 0 Å². The van der Waals surface area contributed by atoms with Crippen molar-refractivity contribution in [2.24, 2.45) is 0 Å². The minimum absolute atomic E-state index is 0.532. The molecule has 90 valence electrons. The van der Waals surface area contributed by atoms with Gasteiger partial charge in [-0.05, 0) is 31.2 Å². The van der Waals surface area contributed by atoms with E-state index in [9.17, 15) is 0 Å². The molecule has 0 aromatic carbocycles. The zero-order valence-electron chi connectivity index (χ0n) is 10.2. The molecule has 2 heteroatoms. The molecule has 0 radical (unpaired) electrons. The zero-order valence-corrected chi connectivity index (χ0v) is 11.1. The van der Waals surface area contributed by atoms with E-state index in [4.69, 9.17) is 0 Å². The van der Waals surface area contributed by atoms with Gasteiger partial charge in [0.15, 0.2) is 0 Å². The topological polar surface area (TPSA) is 12.0 Å². The van der Waals surface area contributed by atoms with E-state index in [1.165, 1.54) is 49.8 Å². The average molecular weight is 237 g/mol. The van der Waals surface area contributed by atoms with Crippen molar-refractivity contribution in [1.29, 1.82) is 0 Å². The number of thiophene rings is 1. The monoisotopic (exact) mass is 237 g/mol. The molecule has 0 amide bonds. The van der Waals surface area contributed by atoms with Crippen LogP contribution in [0, 0.1) is 0 Å². The normalized spacial score (nSPS) is 21.3. The highest BCUT2D eigenvalue weighted by Crippen LogP contribution is 2.22. The standard InChI is InChI=1S/C14H23NS/c1-12(14-10-7-11-16-14)15-13-8-5-3-2-4-6-9-13/h7,10-13,15H,2-6,8-9H2,1H3. The molecular formula is C14H23NS. The lowest BCUT2D eigenvalue weighted by Crippen LogP contribution is -2.31. The predicted molar refractivity (Wildman–Crippen MR) is 72.0 cm³/mol. The number of rotatable bonds is 3. The Morgan fingerprint density at radius 1 is 1.19 bits per heavy atom. The molecule has 1 fully saturated rings. The van der Waals surface area contributed by atoms with Crippen LogP contribution in [0.2, 0.25) is 0 Å². The van der Waals surface area contributed by atoms with Crippen LogP contribution in [-0.4, -0.2) is 6.04 Å². The molecule has 0 saturated heterocycles. The summed E-state index contributed by atoms with van der Waals surface area (Å²) in [6, 6.07) is 5.67. The molecule has 1 heterocycles. The zero-order chi connectivity index (χ0) is 11.2. The van der Waals surface area contributed by atoms with E-state index >= 15 is 0 Å². The lowest BCUT2D eigenvalue weighted by molar-refractivity contribution is 0.364. The lowest BCUT2D eigenvalue weighted by Gasteiger charge is -2.24. The molecule has 1 saturated carbocycles. The average Bonchev–Trinajstić information content (AvgIpc) is 2.74. The van der Waals surface area contributed by atoms with Crippen molar-refractivity contribution in [3.8, 4) is 0 Å². The van der Waals surface area contributed by atoms with E-state index in [2.05, 4.69) is 29.8 Å². The number of hydrogen-bond acceptors (Lipinski definition) is 2. The smallest absolute Gasteiger partial charge is 0.0388 e. The predicted octanol–water partition coefficient (Wildman–Crippen LogP) is 4.51. The molecule has 16 heavy (non-hydrogen) atoms. The van der Waals surface area contributed by atoms with Crippen LogP contribution in [0.15, 0.2) is 17.5 Å². The first-order valence-electron chi connectivity index (χ1n) is 6.66. The number of hydrogen-bond donors (Lipinski definition) is 1. The van der Waals surface area contributed by atoms with E-state index in [-0.39, 0.29) is 0 Å². The van der Waals surface area contributed by atoms with Crippen molar-refractivity contribution in [2.45, 2.75) is 64.0 Å². The van der Waals surface area contributed by atoms with Gasteiger partial charge < -0.3 is 5.32 Å². The molecule has 0 aliphatic heterocycles. The summed E-state index contributed by atoms with van der Waals surface area (Å²) in [5.41, 5.74) is 0. The van der Waals surface area contributed by atoms with Crippen molar-refractivity contribution in [1.82, 2.24) is 5.32 Å². The number of nitrogens with one attached hydrogen (secondary N) is 1. The summed E-state index contributed by atoms with van der Waals surface area (Å²) in [5, 5.41) is 5.97. The maximum Gasteiger partial charge on any atom is 0.0388 e. The Morgan fingerprint density at radius 3 is 2.50 bits per heavy atom. The summed E-state index contributed by atoms with van der Waals surface area (Å²) in [5.74, 6) is 0. The maximum absolute atomic E-state index is 3.80. The Hall–Kier alpha value is -0.340. The van der Waals surface area contributed by atoms with Gasteiger partial charge in [0, 0.05) is 17.0 Å². The summed E-state index contributed by atoms with van der Waals surface area (Å²) in [6.45, 7) is 2.30. The molecule has 0 bridgehead atoms. The van der Waals surface area contributed by atoms with Crippen molar-refractivity contribution < 1.29 is 0 Å². The molecule has 0 spiro atoms. The van der Waals surface area contributed by atoms with Gasteiger partial charge in [-0.3, -0.25) is 0 Å². The second-order valence-corrected chi connectivity index (χ2v) is 5.93. The van der Waals surface area contributed by atoms with E-state index in [1.807, 2.05) is 11.3 Å². The minimum Gasteiger partial charge on any atom is -0.307 e. The van der Waals surface area contributed by atoms with Crippen molar-refractivity contribution in [3.05, 3.63) is 22.4 Å². The van der Waals surface area contributed by atoms with Gasteiger partial charge in [-0.2, -0.15) is 0 Å². The van der Waals surface area contributed by atoms with Crippen LogP contribution in [0.25, 0.3) is 0 Å². The van der Waals surface area contributed by atoms with Crippen LogP contribution in [0.1, 0.15) is 62.8 Å². The van der Waals surface area contributed by atoms with Crippen LogP contribution >= 0.6 is 11.3 Å². The summed E-state index contributed by atoms with van der Waals surface area (Å²) >= 11 is 1.87. The van der Waals surface area contributed by atoms with Crippen molar-refractivity contribution in [3.63, 3.8) is 0 Å². The highest BCUT2D eigenvalue weighted by Gasteiger charge is 2.14. The third-order valence-corrected chi connectivity index (χ3v) is 4.62. The summed E-state index contributed by atoms with van der Waals surface area (Å²) in [4.78, 5) is 1.47. The van der Waals surface area contributed by atoms with Crippen LogP contribution in [0.4, 0.5) is 0 Å². The second-order valence-electron chi connectivity index (χ2n) is 4.95. The Morgan fingerprint density at radius 2 is 1.88 bits per heavy atom. The highest BCUT2D eigenvalue weighted by molar-refractivity contribution is 7.10. The first-order chi connectivity index (χ1) is 7.86. The van der Waals surface area contributed by atoms with E-state index < -0.39 is 0 Å². The first-order valence-corrected chi connectivity index (χ1v) is 7.53.